The van der Waals surface area contributed by atoms with Gasteiger partial charge in [0.15, 0.2) is 23.3 Å². The van der Waals surface area contributed by atoms with Gasteiger partial charge in [0.1, 0.15) is 11.3 Å². The van der Waals surface area contributed by atoms with Crippen molar-refractivity contribution in [1.82, 2.24) is 0 Å². The lowest BCUT2D eigenvalue weighted by Gasteiger charge is -2.14. The van der Waals surface area contributed by atoms with Gasteiger partial charge in [-0.15, -0.1) is 11.8 Å². The SMILES string of the molecule is O=C(O)CCC(=O)Nc1cccc(SCC(=O)Nc2c(F)c(F)c(C(F)(F)F)c(F)c2F)c1. The monoisotopic (exact) mass is 498 g/mol. The number of hydrogen-bond donors (Lipinski definition) is 3. The normalized spacial score (nSPS) is 11.2. The van der Waals surface area contributed by atoms with E-state index in [1.54, 1.807) is 0 Å². The molecule has 0 atom stereocenters. The fraction of sp³-hybridized carbons (Fsp3) is 0.211. The van der Waals surface area contributed by atoms with Crippen LogP contribution in [0.4, 0.5) is 42.1 Å². The molecule has 2 aromatic rings. The Hall–Kier alpha value is -3.29. The molecular formula is C19H13F7N2O4S. The topological polar surface area (TPSA) is 95.5 Å². The van der Waals surface area contributed by atoms with Crippen LogP contribution in [0.25, 0.3) is 0 Å². The molecule has 178 valence electrons. The molecule has 0 saturated carbocycles. The van der Waals surface area contributed by atoms with E-state index < -0.39 is 70.7 Å². The van der Waals surface area contributed by atoms with Gasteiger partial charge in [0, 0.05) is 17.0 Å². The largest absolute Gasteiger partial charge is 0.481 e. The predicted molar refractivity (Wildman–Crippen MR) is 103 cm³/mol. The van der Waals surface area contributed by atoms with Crippen LogP contribution in [0.1, 0.15) is 18.4 Å². The maximum Gasteiger partial charge on any atom is 0.422 e. The van der Waals surface area contributed by atoms with Crippen LogP contribution < -0.4 is 10.6 Å². The minimum Gasteiger partial charge on any atom is -0.481 e. The summed E-state index contributed by atoms with van der Waals surface area (Å²) < 4.78 is 92.8. The highest BCUT2D eigenvalue weighted by Gasteiger charge is 2.42. The van der Waals surface area contributed by atoms with Crippen molar-refractivity contribution >= 4 is 40.9 Å². The van der Waals surface area contributed by atoms with Crippen molar-refractivity contribution in [3.8, 4) is 0 Å². The molecular weight excluding hydrogens is 485 g/mol. The van der Waals surface area contributed by atoms with Gasteiger partial charge >= 0.3 is 12.1 Å². The van der Waals surface area contributed by atoms with Crippen molar-refractivity contribution in [2.75, 3.05) is 16.4 Å². The van der Waals surface area contributed by atoms with Crippen LogP contribution in [0.2, 0.25) is 0 Å². The number of thioether (sulfide) groups is 1. The fourth-order valence-corrected chi connectivity index (χ4v) is 3.18. The van der Waals surface area contributed by atoms with Gasteiger partial charge in [-0.1, -0.05) is 6.07 Å². The van der Waals surface area contributed by atoms with E-state index in [9.17, 15) is 45.1 Å². The summed E-state index contributed by atoms with van der Waals surface area (Å²) in [5, 5.41) is 12.5. The molecule has 33 heavy (non-hydrogen) atoms. The molecule has 0 aromatic heterocycles. The van der Waals surface area contributed by atoms with Crippen molar-refractivity contribution in [2.45, 2.75) is 23.9 Å². The van der Waals surface area contributed by atoms with Crippen molar-refractivity contribution in [1.29, 1.82) is 0 Å². The van der Waals surface area contributed by atoms with E-state index in [0.717, 1.165) is 11.8 Å². The van der Waals surface area contributed by atoms with Crippen molar-refractivity contribution in [3.63, 3.8) is 0 Å². The Morgan fingerprint density at radius 2 is 1.48 bits per heavy atom. The Morgan fingerprint density at radius 1 is 0.879 bits per heavy atom. The van der Waals surface area contributed by atoms with Gasteiger partial charge in [0.05, 0.1) is 12.2 Å². The summed E-state index contributed by atoms with van der Waals surface area (Å²) in [6, 6.07) is 5.78. The number of rotatable bonds is 8. The average Bonchev–Trinajstić information content (AvgIpc) is 2.72. The Morgan fingerprint density at radius 3 is 2.03 bits per heavy atom. The number of hydrogen-bond acceptors (Lipinski definition) is 4. The second-order valence-corrected chi connectivity index (χ2v) is 7.36. The van der Waals surface area contributed by atoms with Crippen LogP contribution >= 0.6 is 11.8 Å². The number of benzene rings is 2. The number of anilines is 2. The zero-order valence-electron chi connectivity index (χ0n) is 16.2. The number of alkyl halides is 3. The molecule has 0 saturated heterocycles. The first kappa shape index (κ1) is 26.0. The van der Waals surface area contributed by atoms with Gasteiger partial charge in [-0.2, -0.15) is 13.2 Å². The fourth-order valence-electron chi connectivity index (χ4n) is 2.42. The summed E-state index contributed by atoms with van der Waals surface area (Å²) >= 11 is 0.765. The number of aliphatic carboxylic acids is 1. The van der Waals surface area contributed by atoms with E-state index in [-0.39, 0.29) is 12.1 Å². The van der Waals surface area contributed by atoms with E-state index in [2.05, 4.69) is 5.32 Å². The zero-order valence-corrected chi connectivity index (χ0v) is 17.0. The number of carbonyl (C=O) groups excluding carboxylic acids is 2. The van der Waals surface area contributed by atoms with Crippen LogP contribution in [0, 0.1) is 23.3 Å². The highest BCUT2D eigenvalue weighted by atomic mass is 32.2. The Labute approximate surface area is 185 Å². The molecule has 0 bridgehead atoms. The van der Waals surface area contributed by atoms with Crippen molar-refractivity contribution in [2.24, 2.45) is 0 Å². The van der Waals surface area contributed by atoms with Crippen molar-refractivity contribution in [3.05, 3.63) is 53.1 Å². The van der Waals surface area contributed by atoms with E-state index in [0.29, 0.717) is 4.90 Å². The smallest absolute Gasteiger partial charge is 0.422 e. The highest BCUT2D eigenvalue weighted by molar-refractivity contribution is 8.00. The lowest BCUT2D eigenvalue weighted by Crippen LogP contribution is -2.21. The van der Waals surface area contributed by atoms with Gasteiger partial charge in [-0.05, 0) is 18.2 Å². The number of carboxylic acid groups (broad SMARTS) is 1. The molecule has 0 unspecified atom stereocenters. The number of carboxylic acids is 1. The highest BCUT2D eigenvalue weighted by Crippen LogP contribution is 2.38. The van der Waals surface area contributed by atoms with Crippen LogP contribution in [0.15, 0.2) is 29.2 Å². The number of halogens is 7. The summed E-state index contributed by atoms with van der Waals surface area (Å²) in [5.74, 6) is -13.7. The van der Waals surface area contributed by atoms with Gasteiger partial charge < -0.3 is 15.7 Å². The summed E-state index contributed by atoms with van der Waals surface area (Å²) in [7, 11) is 0. The average molecular weight is 498 g/mol. The molecule has 0 aliphatic carbocycles. The van der Waals surface area contributed by atoms with Gasteiger partial charge in [-0.25, -0.2) is 17.6 Å². The van der Waals surface area contributed by atoms with E-state index >= 15 is 0 Å². The van der Waals surface area contributed by atoms with E-state index in [1.807, 2.05) is 0 Å². The lowest BCUT2D eigenvalue weighted by molar-refractivity contribution is -0.143. The first-order valence-electron chi connectivity index (χ1n) is 8.78. The Bertz CT molecular complexity index is 1060. The Kier molecular flexibility index (Phi) is 8.30. The molecule has 14 heteroatoms. The number of nitrogens with one attached hydrogen (secondary N) is 2. The number of amides is 2. The third kappa shape index (κ3) is 6.84. The number of carbonyl (C=O) groups is 3. The molecule has 0 spiro atoms. The molecule has 0 heterocycles. The summed E-state index contributed by atoms with van der Waals surface area (Å²) in [6.45, 7) is 0. The van der Waals surface area contributed by atoms with Crippen molar-refractivity contribution < 1.29 is 50.2 Å². The lowest BCUT2D eigenvalue weighted by atomic mass is 10.1. The van der Waals surface area contributed by atoms with Crippen LogP contribution in [0.3, 0.4) is 0 Å². The van der Waals surface area contributed by atoms with E-state index in [4.69, 9.17) is 5.11 Å². The maximum absolute atomic E-state index is 13.9. The van der Waals surface area contributed by atoms with E-state index in [1.165, 1.54) is 29.6 Å². The summed E-state index contributed by atoms with van der Waals surface area (Å²) in [5.41, 5.74) is -4.21. The molecule has 0 fully saturated rings. The summed E-state index contributed by atoms with van der Waals surface area (Å²) in [6.07, 6.45) is -6.38. The zero-order chi connectivity index (χ0) is 24.9. The minimum atomic E-state index is -5.71. The molecule has 3 N–H and O–H groups in total. The van der Waals surface area contributed by atoms with Crippen LogP contribution in [0.5, 0.6) is 0 Å². The molecule has 0 radical (unpaired) electrons. The quantitative estimate of drug-likeness (QED) is 0.276. The van der Waals surface area contributed by atoms with Crippen LogP contribution in [-0.4, -0.2) is 28.6 Å². The Balaban J connectivity index is 2.07. The predicted octanol–water partition coefficient (Wildman–Crippen LogP) is 4.80. The minimum absolute atomic E-state index is 0.250. The summed E-state index contributed by atoms with van der Waals surface area (Å²) in [4.78, 5) is 34.4. The van der Waals surface area contributed by atoms with Gasteiger partial charge in [0.25, 0.3) is 0 Å². The molecule has 0 aliphatic rings. The van der Waals surface area contributed by atoms with Gasteiger partial charge in [-0.3, -0.25) is 14.4 Å². The van der Waals surface area contributed by atoms with Crippen LogP contribution in [-0.2, 0) is 20.6 Å². The second-order valence-electron chi connectivity index (χ2n) is 6.31. The molecule has 2 amide bonds. The first-order chi connectivity index (χ1) is 15.3. The molecule has 0 aliphatic heterocycles. The second kappa shape index (κ2) is 10.6. The molecule has 6 nitrogen and oxygen atoms in total. The third-order valence-electron chi connectivity index (χ3n) is 3.86. The molecule has 2 aromatic carbocycles. The first-order valence-corrected chi connectivity index (χ1v) is 9.77. The third-order valence-corrected chi connectivity index (χ3v) is 4.86. The maximum atomic E-state index is 13.9. The van der Waals surface area contributed by atoms with Gasteiger partial charge in [0.2, 0.25) is 11.8 Å². The molecule has 2 rings (SSSR count). The standard InChI is InChI=1S/C19H13F7N2O4S/c20-14-13(19(24,25)26)15(21)17(23)18(16(14)22)28-11(30)7-33-9-3-1-2-8(6-9)27-10(29)4-5-12(31)32/h1-3,6H,4-5,7H2,(H,27,29)(H,28,30)(H,31,32).